The molecule has 0 aliphatic carbocycles. The van der Waals surface area contributed by atoms with E-state index >= 15 is 0 Å². The highest BCUT2D eigenvalue weighted by Gasteiger charge is 2.27. The van der Waals surface area contributed by atoms with Crippen LogP contribution in [0.25, 0.3) is 0 Å². The lowest BCUT2D eigenvalue weighted by atomic mass is 10.1. The fraction of sp³-hybridized carbons (Fsp3) is 0.818. The zero-order valence-corrected chi connectivity index (χ0v) is 8.59. The largest absolute Gasteiger partial charge is 0.381 e. The van der Waals surface area contributed by atoms with E-state index in [2.05, 4.69) is 10.2 Å². The van der Waals surface area contributed by atoms with Crippen molar-refractivity contribution < 1.29 is 4.74 Å². The average Bonchev–Trinajstić information content (AvgIpc) is 2.78. The molecule has 0 aromatic rings. The van der Waals surface area contributed by atoms with Crippen LogP contribution in [0.2, 0.25) is 0 Å². The molecular formula is C11H18N2O. The molecule has 3 rings (SSSR count). The SMILES string of the molecule is C1CC(CN2CC3=C(CNC3)C2)CO1. The van der Waals surface area contributed by atoms with Gasteiger partial charge in [0.1, 0.15) is 0 Å². The molecule has 3 aliphatic rings. The third-order valence-corrected chi connectivity index (χ3v) is 3.55. The van der Waals surface area contributed by atoms with E-state index in [1.54, 1.807) is 11.1 Å². The predicted octanol–water partition coefficient (Wildman–Crippen LogP) is 0.238. The van der Waals surface area contributed by atoms with Gasteiger partial charge in [-0.25, -0.2) is 0 Å². The lowest BCUT2D eigenvalue weighted by molar-refractivity contribution is 0.174. The molecule has 1 fully saturated rings. The summed E-state index contributed by atoms with van der Waals surface area (Å²) in [7, 11) is 0. The molecule has 0 amide bonds. The van der Waals surface area contributed by atoms with Crippen molar-refractivity contribution in [1.29, 1.82) is 0 Å². The van der Waals surface area contributed by atoms with E-state index in [0.717, 1.165) is 32.2 Å². The van der Waals surface area contributed by atoms with Crippen LogP contribution in [0, 0.1) is 5.92 Å². The number of nitrogens with one attached hydrogen (secondary N) is 1. The van der Waals surface area contributed by atoms with Crippen LogP contribution in [-0.4, -0.2) is 50.8 Å². The zero-order valence-electron chi connectivity index (χ0n) is 8.59. The zero-order chi connectivity index (χ0) is 9.38. The van der Waals surface area contributed by atoms with E-state index < -0.39 is 0 Å². The number of hydrogen-bond donors (Lipinski definition) is 1. The molecule has 0 aromatic carbocycles. The average molecular weight is 194 g/mol. The molecule has 0 spiro atoms. The van der Waals surface area contributed by atoms with Gasteiger partial charge in [0.25, 0.3) is 0 Å². The fourth-order valence-corrected chi connectivity index (χ4v) is 2.77. The first-order valence-corrected chi connectivity index (χ1v) is 5.62. The van der Waals surface area contributed by atoms with E-state index in [1.165, 1.54) is 26.1 Å². The van der Waals surface area contributed by atoms with Gasteiger partial charge < -0.3 is 10.1 Å². The first-order valence-electron chi connectivity index (χ1n) is 5.62. The molecule has 1 atom stereocenters. The van der Waals surface area contributed by atoms with Crippen LogP contribution < -0.4 is 5.32 Å². The van der Waals surface area contributed by atoms with Crippen LogP contribution in [0.4, 0.5) is 0 Å². The molecule has 3 heterocycles. The van der Waals surface area contributed by atoms with Crippen LogP contribution >= 0.6 is 0 Å². The molecule has 3 heteroatoms. The second kappa shape index (κ2) is 3.65. The second-order valence-corrected chi connectivity index (χ2v) is 4.71. The Morgan fingerprint density at radius 1 is 1.29 bits per heavy atom. The maximum atomic E-state index is 5.41. The van der Waals surface area contributed by atoms with Crippen LogP contribution in [0.5, 0.6) is 0 Å². The van der Waals surface area contributed by atoms with Gasteiger partial charge in [-0.2, -0.15) is 0 Å². The minimum Gasteiger partial charge on any atom is -0.381 e. The maximum absolute atomic E-state index is 5.41. The molecular weight excluding hydrogens is 176 g/mol. The fourth-order valence-electron chi connectivity index (χ4n) is 2.77. The summed E-state index contributed by atoms with van der Waals surface area (Å²) in [6, 6.07) is 0. The highest BCUT2D eigenvalue weighted by molar-refractivity contribution is 5.29. The van der Waals surface area contributed by atoms with Crippen LogP contribution in [0.3, 0.4) is 0 Å². The van der Waals surface area contributed by atoms with Crippen molar-refractivity contribution in [3.8, 4) is 0 Å². The van der Waals surface area contributed by atoms with Crippen molar-refractivity contribution in [2.75, 3.05) is 45.9 Å². The Hall–Kier alpha value is -0.380. The maximum Gasteiger partial charge on any atom is 0.0507 e. The Balaban J connectivity index is 1.52. The Bertz CT molecular complexity index is 240. The molecule has 1 saturated heterocycles. The lowest BCUT2D eigenvalue weighted by Gasteiger charge is -2.20. The van der Waals surface area contributed by atoms with Crippen LogP contribution in [0.1, 0.15) is 6.42 Å². The Morgan fingerprint density at radius 3 is 2.71 bits per heavy atom. The van der Waals surface area contributed by atoms with E-state index in [9.17, 15) is 0 Å². The summed E-state index contributed by atoms with van der Waals surface area (Å²) < 4.78 is 5.41. The highest BCUT2D eigenvalue weighted by Crippen LogP contribution is 2.23. The van der Waals surface area contributed by atoms with Gasteiger partial charge in [-0.15, -0.1) is 0 Å². The molecule has 78 valence electrons. The summed E-state index contributed by atoms with van der Waals surface area (Å²) in [4.78, 5) is 2.59. The van der Waals surface area contributed by atoms with Crippen LogP contribution in [0.15, 0.2) is 11.1 Å². The molecule has 3 nitrogen and oxygen atoms in total. The first-order chi connectivity index (χ1) is 6.92. The van der Waals surface area contributed by atoms with E-state index in [0.29, 0.717) is 0 Å². The second-order valence-electron chi connectivity index (χ2n) is 4.71. The number of ether oxygens (including phenoxy) is 1. The van der Waals surface area contributed by atoms with Crippen molar-refractivity contribution in [2.45, 2.75) is 6.42 Å². The summed E-state index contributed by atoms with van der Waals surface area (Å²) in [5, 5.41) is 3.41. The molecule has 0 aromatic heterocycles. The van der Waals surface area contributed by atoms with Crippen molar-refractivity contribution in [3.63, 3.8) is 0 Å². The predicted molar refractivity (Wildman–Crippen MR) is 55.3 cm³/mol. The summed E-state index contributed by atoms with van der Waals surface area (Å²) in [5.41, 5.74) is 3.31. The topological polar surface area (TPSA) is 24.5 Å². The molecule has 14 heavy (non-hydrogen) atoms. The smallest absolute Gasteiger partial charge is 0.0507 e. The number of nitrogens with zero attached hydrogens (tertiary/aromatic N) is 1. The van der Waals surface area contributed by atoms with Crippen molar-refractivity contribution in [2.24, 2.45) is 5.92 Å². The van der Waals surface area contributed by atoms with Gasteiger partial charge in [-0.1, -0.05) is 0 Å². The Labute approximate surface area is 85.1 Å². The van der Waals surface area contributed by atoms with E-state index in [1.807, 2.05) is 0 Å². The minimum atomic E-state index is 0.794. The van der Waals surface area contributed by atoms with Crippen LogP contribution in [-0.2, 0) is 4.74 Å². The first kappa shape index (κ1) is 8.89. The van der Waals surface area contributed by atoms with E-state index in [-0.39, 0.29) is 0 Å². The molecule has 3 aliphatic heterocycles. The molecule has 0 saturated carbocycles. The Kier molecular flexibility index (Phi) is 2.32. The van der Waals surface area contributed by atoms with Crippen molar-refractivity contribution >= 4 is 0 Å². The van der Waals surface area contributed by atoms with Crippen molar-refractivity contribution in [1.82, 2.24) is 10.2 Å². The molecule has 1 unspecified atom stereocenters. The summed E-state index contributed by atoms with van der Waals surface area (Å²) in [5.74, 6) is 0.794. The summed E-state index contributed by atoms with van der Waals surface area (Å²) in [6.45, 7) is 7.89. The monoisotopic (exact) mass is 194 g/mol. The van der Waals surface area contributed by atoms with Gasteiger partial charge in [0.15, 0.2) is 0 Å². The standard InChI is InChI=1S/C11H18N2O/c1-2-14-8-9(1)5-13-6-10-3-12-4-11(10)7-13/h9,12H,1-8H2. The van der Waals surface area contributed by atoms with Gasteiger partial charge in [0, 0.05) is 39.3 Å². The third-order valence-electron chi connectivity index (χ3n) is 3.55. The minimum absolute atomic E-state index is 0.794. The lowest BCUT2D eigenvalue weighted by Crippen LogP contribution is -2.31. The van der Waals surface area contributed by atoms with Gasteiger partial charge in [0.2, 0.25) is 0 Å². The van der Waals surface area contributed by atoms with Crippen molar-refractivity contribution in [3.05, 3.63) is 11.1 Å². The van der Waals surface area contributed by atoms with Gasteiger partial charge >= 0.3 is 0 Å². The normalized spacial score (nSPS) is 33.0. The molecule has 1 N–H and O–H groups in total. The molecule has 0 radical (unpaired) electrons. The third kappa shape index (κ3) is 1.60. The highest BCUT2D eigenvalue weighted by atomic mass is 16.5. The van der Waals surface area contributed by atoms with Gasteiger partial charge in [0.05, 0.1) is 6.61 Å². The number of hydrogen-bond acceptors (Lipinski definition) is 3. The summed E-state index contributed by atoms with van der Waals surface area (Å²) in [6.07, 6.45) is 1.26. The Morgan fingerprint density at radius 2 is 2.07 bits per heavy atom. The van der Waals surface area contributed by atoms with E-state index in [4.69, 9.17) is 4.74 Å². The van der Waals surface area contributed by atoms with Gasteiger partial charge in [-0.3, -0.25) is 4.90 Å². The number of rotatable bonds is 2. The quantitative estimate of drug-likeness (QED) is 0.637. The van der Waals surface area contributed by atoms with Gasteiger partial charge in [-0.05, 0) is 23.5 Å². The summed E-state index contributed by atoms with van der Waals surface area (Å²) >= 11 is 0. The molecule has 0 bridgehead atoms.